The maximum atomic E-state index is 6.09. The van der Waals surface area contributed by atoms with Crippen molar-refractivity contribution in [2.75, 3.05) is 11.9 Å². The fourth-order valence-corrected chi connectivity index (χ4v) is 2.75. The number of fused-ring (bicyclic) bond motifs is 1. The van der Waals surface area contributed by atoms with Crippen LogP contribution in [0.15, 0.2) is 46.9 Å². The highest BCUT2D eigenvalue weighted by molar-refractivity contribution is 9.10. The number of nitrogens with one attached hydrogen (secondary N) is 1. The molecule has 1 unspecified atom stereocenters. The standard InChI is InChI=1S/C16H16BrNO/c1-2-11-6-7-15-14(8-11)18-10-16(19-15)12-4-3-5-13(17)9-12/h3-9,16,18H,2,10H2,1H3. The normalized spacial score (nSPS) is 17.3. The molecule has 1 N–H and O–H groups in total. The lowest BCUT2D eigenvalue weighted by atomic mass is 10.1. The van der Waals surface area contributed by atoms with Gasteiger partial charge in [0.15, 0.2) is 0 Å². The zero-order valence-corrected chi connectivity index (χ0v) is 12.4. The first-order chi connectivity index (χ1) is 9.26. The summed E-state index contributed by atoms with van der Waals surface area (Å²) in [5.74, 6) is 0.938. The van der Waals surface area contributed by atoms with Crippen molar-refractivity contribution >= 4 is 21.6 Å². The molecule has 0 radical (unpaired) electrons. The number of anilines is 1. The van der Waals surface area contributed by atoms with Crippen molar-refractivity contribution in [2.45, 2.75) is 19.4 Å². The lowest BCUT2D eigenvalue weighted by Crippen LogP contribution is -2.23. The van der Waals surface area contributed by atoms with Gasteiger partial charge in [0.05, 0.1) is 12.2 Å². The highest BCUT2D eigenvalue weighted by Gasteiger charge is 2.20. The minimum absolute atomic E-state index is 0.0671. The van der Waals surface area contributed by atoms with E-state index in [-0.39, 0.29) is 6.10 Å². The van der Waals surface area contributed by atoms with Crippen LogP contribution in [0.4, 0.5) is 5.69 Å². The van der Waals surface area contributed by atoms with Crippen LogP contribution in [0.1, 0.15) is 24.2 Å². The second kappa shape index (κ2) is 5.25. The van der Waals surface area contributed by atoms with Gasteiger partial charge in [-0.2, -0.15) is 0 Å². The van der Waals surface area contributed by atoms with Crippen molar-refractivity contribution in [1.82, 2.24) is 0 Å². The van der Waals surface area contributed by atoms with Crippen molar-refractivity contribution in [3.8, 4) is 5.75 Å². The molecule has 0 fully saturated rings. The van der Waals surface area contributed by atoms with Crippen molar-refractivity contribution in [2.24, 2.45) is 0 Å². The molecule has 0 amide bonds. The van der Waals surface area contributed by atoms with Crippen LogP contribution in [0.2, 0.25) is 0 Å². The van der Waals surface area contributed by atoms with Crippen molar-refractivity contribution in [3.05, 3.63) is 58.1 Å². The van der Waals surface area contributed by atoms with E-state index in [4.69, 9.17) is 4.74 Å². The van der Waals surface area contributed by atoms with E-state index in [2.05, 4.69) is 58.5 Å². The first-order valence-electron chi connectivity index (χ1n) is 6.55. The number of hydrogen-bond acceptors (Lipinski definition) is 2. The molecule has 0 saturated heterocycles. The number of rotatable bonds is 2. The van der Waals surface area contributed by atoms with E-state index < -0.39 is 0 Å². The molecular formula is C16H16BrNO. The van der Waals surface area contributed by atoms with E-state index in [1.807, 2.05) is 12.1 Å². The molecule has 1 aliphatic rings. The third-order valence-electron chi connectivity index (χ3n) is 3.42. The molecule has 0 spiro atoms. The molecule has 3 heteroatoms. The van der Waals surface area contributed by atoms with E-state index in [1.165, 1.54) is 11.1 Å². The van der Waals surface area contributed by atoms with Gasteiger partial charge < -0.3 is 10.1 Å². The number of ether oxygens (including phenoxy) is 1. The Balaban J connectivity index is 1.86. The van der Waals surface area contributed by atoms with E-state index in [9.17, 15) is 0 Å². The van der Waals surface area contributed by atoms with Crippen molar-refractivity contribution < 1.29 is 4.74 Å². The van der Waals surface area contributed by atoms with Crippen LogP contribution in [-0.4, -0.2) is 6.54 Å². The fourth-order valence-electron chi connectivity index (χ4n) is 2.33. The molecule has 19 heavy (non-hydrogen) atoms. The monoisotopic (exact) mass is 317 g/mol. The molecule has 2 aromatic carbocycles. The van der Waals surface area contributed by atoms with Crippen LogP contribution in [0, 0.1) is 0 Å². The maximum Gasteiger partial charge on any atom is 0.143 e. The molecular weight excluding hydrogens is 302 g/mol. The molecule has 2 nitrogen and oxygen atoms in total. The van der Waals surface area contributed by atoms with Crippen LogP contribution in [0.3, 0.4) is 0 Å². The SMILES string of the molecule is CCc1ccc2c(c1)NCC(c1cccc(Br)c1)O2. The smallest absolute Gasteiger partial charge is 0.143 e. The molecule has 1 heterocycles. The van der Waals surface area contributed by atoms with E-state index in [1.54, 1.807) is 0 Å². The average Bonchev–Trinajstić information content (AvgIpc) is 2.46. The highest BCUT2D eigenvalue weighted by Crippen LogP contribution is 2.35. The summed E-state index contributed by atoms with van der Waals surface area (Å²) in [6.07, 6.45) is 1.11. The number of benzene rings is 2. The first-order valence-corrected chi connectivity index (χ1v) is 7.34. The Kier molecular flexibility index (Phi) is 3.47. The van der Waals surface area contributed by atoms with Crippen LogP contribution in [-0.2, 0) is 6.42 Å². The lowest BCUT2D eigenvalue weighted by Gasteiger charge is -2.28. The summed E-state index contributed by atoms with van der Waals surface area (Å²) < 4.78 is 7.17. The van der Waals surface area contributed by atoms with E-state index in [0.29, 0.717) is 0 Å². The summed E-state index contributed by atoms with van der Waals surface area (Å²) in [6.45, 7) is 2.96. The van der Waals surface area contributed by atoms with Gasteiger partial charge in [-0.3, -0.25) is 0 Å². The molecule has 0 aliphatic carbocycles. The molecule has 0 aromatic heterocycles. The zero-order valence-electron chi connectivity index (χ0n) is 10.8. The second-order valence-corrected chi connectivity index (χ2v) is 5.64. The summed E-state index contributed by atoms with van der Waals surface area (Å²) in [5.41, 5.74) is 3.62. The van der Waals surface area contributed by atoms with Gasteiger partial charge in [0.2, 0.25) is 0 Å². The number of hydrogen-bond donors (Lipinski definition) is 1. The molecule has 0 saturated carbocycles. The van der Waals surface area contributed by atoms with Crippen molar-refractivity contribution in [3.63, 3.8) is 0 Å². The van der Waals surface area contributed by atoms with Gasteiger partial charge in [-0.15, -0.1) is 0 Å². The van der Waals surface area contributed by atoms with E-state index >= 15 is 0 Å². The van der Waals surface area contributed by atoms with Gasteiger partial charge in [-0.25, -0.2) is 0 Å². The van der Waals surface area contributed by atoms with Gasteiger partial charge in [0.1, 0.15) is 11.9 Å². The summed E-state index contributed by atoms with van der Waals surface area (Å²) in [7, 11) is 0. The Morgan fingerprint density at radius 2 is 2.16 bits per heavy atom. The third kappa shape index (κ3) is 2.61. The molecule has 1 atom stereocenters. The fraction of sp³-hybridized carbons (Fsp3) is 0.250. The molecule has 3 rings (SSSR count). The summed E-state index contributed by atoms with van der Waals surface area (Å²) in [4.78, 5) is 0. The number of halogens is 1. The summed E-state index contributed by atoms with van der Waals surface area (Å²) >= 11 is 3.50. The van der Waals surface area contributed by atoms with Crippen molar-refractivity contribution in [1.29, 1.82) is 0 Å². The summed E-state index contributed by atoms with van der Waals surface area (Å²) in [5, 5.41) is 3.47. The lowest BCUT2D eigenvalue weighted by molar-refractivity contribution is 0.210. The molecule has 98 valence electrons. The quantitative estimate of drug-likeness (QED) is 0.876. The second-order valence-electron chi connectivity index (χ2n) is 4.73. The Bertz CT molecular complexity index is 597. The Hall–Kier alpha value is -1.48. The molecule has 0 bridgehead atoms. The van der Waals surface area contributed by atoms with Gasteiger partial charge >= 0.3 is 0 Å². The van der Waals surface area contributed by atoms with Crippen LogP contribution >= 0.6 is 15.9 Å². The first kappa shape index (κ1) is 12.5. The van der Waals surface area contributed by atoms with Gasteiger partial charge in [-0.1, -0.05) is 41.1 Å². The largest absolute Gasteiger partial charge is 0.482 e. The minimum atomic E-state index is 0.0671. The summed E-state index contributed by atoms with van der Waals surface area (Å²) in [6, 6.07) is 14.6. The van der Waals surface area contributed by atoms with Gasteiger partial charge in [0.25, 0.3) is 0 Å². The minimum Gasteiger partial charge on any atom is -0.482 e. The van der Waals surface area contributed by atoms with Gasteiger partial charge in [-0.05, 0) is 41.8 Å². The average molecular weight is 318 g/mol. The molecule has 2 aromatic rings. The van der Waals surface area contributed by atoms with Crippen LogP contribution in [0.25, 0.3) is 0 Å². The Labute approximate surface area is 121 Å². The van der Waals surface area contributed by atoms with E-state index in [0.717, 1.165) is 28.9 Å². The predicted molar refractivity (Wildman–Crippen MR) is 81.8 cm³/mol. The maximum absolute atomic E-state index is 6.09. The number of aryl methyl sites for hydroxylation is 1. The van der Waals surface area contributed by atoms with Gasteiger partial charge in [0, 0.05) is 4.47 Å². The zero-order chi connectivity index (χ0) is 13.2. The van der Waals surface area contributed by atoms with Crippen LogP contribution < -0.4 is 10.1 Å². The van der Waals surface area contributed by atoms with Crippen LogP contribution in [0.5, 0.6) is 5.75 Å². The predicted octanol–water partition coefficient (Wildman–Crippen LogP) is 4.56. The molecule has 1 aliphatic heterocycles. The Morgan fingerprint density at radius 3 is 2.95 bits per heavy atom. The highest BCUT2D eigenvalue weighted by atomic mass is 79.9. The third-order valence-corrected chi connectivity index (χ3v) is 3.91. The topological polar surface area (TPSA) is 21.3 Å². The Morgan fingerprint density at radius 1 is 1.26 bits per heavy atom.